The maximum Gasteiger partial charge on any atom is 0.412 e. The van der Waals surface area contributed by atoms with Crippen LogP contribution in [-0.2, 0) is 9.57 Å². The Kier molecular flexibility index (Phi) is 5.35. The van der Waals surface area contributed by atoms with Crippen LogP contribution in [0.2, 0.25) is 0 Å². The summed E-state index contributed by atoms with van der Waals surface area (Å²) in [5.74, 6) is 5.09. The van der Waals surface area contributed by atoms with Gasteiger partial charge in [0.25, 0.3) is 0 Å². The molecule has 0 aliphatic rings. The second kappa shape index (κ2) is 6.58. The number of rotatable bonds is 4. The first-order valence-electron chi connectivity index (χ1n) is 6.37. The predicted molar refractivity (Wildman–Crippen MR) is 76.5 cm³/mol. The molecule has 20 heavy (non-hydrogen) atoms. The molecule has 0 saturated heterocycles. The van der Waals surface area contributed by atoms with Crippen molar-refractivity contribution in [2.24, 2.45) is 5.90 Å². The lowest BCUT2D eigenvalue weighted by Gasteiger charge is -2.21. The van der Waals surface area contributed by atoms with Gasteiger partial charge >= 0.3 is 6.09 Å². The van der Waals surface area contributed by atoms with Crippen LogP contribution in [0.3, 0.4) is 0 Å². The third kappa shape index (κ3) is 5.07. The van der Waals surface area contributed by atoms with Crippen molar-refractivity contribution in [3.8, 4) is 5.75 Å². The van der Waals surface area contributed by atoms with Crippen molar-refractivity contribution in [1.82, 2.24) is 0 Å². The lowest BCUT2D eigenvalue weighted by Crippen LogP contribution is -2.27. The van der Waals surface area contributed by atoms with Crippen LogP contribution in [0.5, 0.6) is 5.75 Å². The molecule has 6 nitrogen and oxygen atoms in total. The zero-order valence-corrected chi connectivity index (χ0v) is 12.3. The normalized spacial score (nSPS) is 12.8. The topological polar surface area (TPSA) is 93.8 Å². The van der Waals surface area contributed by atoms with Crippen LogP contribution in [0.1, 0.15) is 39.2 Å². The predicted octanol–water partition coefficient (Wildman–Crippen LogP) is 2.73. The molecule has 1 atom stereocenters. The summed E-state index contributed by atoms with van der Waals surface area (Å²) in [6, 6.07) is 4.67. The molecule has 0 bridgehead atoms. The molecular formula is C14H22N2O4. The molecule has 0 saturated carbocycles. The van der Waals surface area contributed by atoms with Gasteiger partial charge in [-0.15, -0.1) is 0 Å². The van der Waals surface area contributed by atoms with Gasteiger partial charge in [0.15, 0.2) is 0 Å². The highest BCUT2D eigenvalue weighted by molar-refractivity contribution is 5.86. The summed E-state index contributed by atoms with van der Waals surface area (Å²) in [4.78, 5) is 16.4. The summed E-state index contributed by atoms with van der Waals surface area (Å²) in [5, 5.41) is 12.2. The monoisotopic (exact) mass is 282 g/mol. The van der Waals surface area contributed by atoms with Crippen molar-refractivity contribution < 1.29 is 19.5 Å². The van der Waals surface area contributed by atoms with Gasteiger partial charge < -0.3 is 14.7 Å². The molecule has 4 N–H and O–H groups in total. The number of benzene rings is 1. The van der Waals surface area contributed by atoms with E-state index < -0.39 is 11.7 Å². The van der Waals surface area contributed by atoms with E-state index in [-0.39, 0.29) is 18.3 Å². The Balaban J connectivity index is 2.91. The Bertz CT molecular complexity index is 469. The van der Waals surface area contributed by atoms with Crippen LogP contribution in [0.4, 0.5) is 10.5 Å². The summed E-state index contributed by atoms with van der Waals surface area (Å²) in [6.45, 7) is 7.51. The zero-order chi connectivity index (χ0) is 15.3. The first-order chi connectivity index (χ1) is 9.23. The highest BCUT2D eigenvalue weighted by Gasteiger charge is 2.19. The van der Waals surface area contributed by atoms with Gasteiger partial charge in [0.1, 0.15) is 11.4 Å². The van der Waals surface area contributed by atoms with Crippen molar-refractivity contribution in [2.45, 2.75) is 39.2 Å². The third-order valence-electron chi connectivity index (χ3n) is 2.55. The minimum atomic E-state index is -0.576. The van der Waals surface area contributed by atoms with Gasteiger partial charge in [0.05, 0.1) is 6.61 Å². The summed E-state index contributed by atoms with van der Waals surface area (Å²) < 4.78 is 5.20. The number of hydrogen-bond acceptors (Lipinski definition) is 5. The van der Waals surface area contributed by atoms with E-state index in [9.17, 15) is 9.90 Å². The van der Waals surface area contributed by atoms with E-state index in [1.54, 1.807) is 32.9 Å². The lowest BCUT2D eigenvalue weighted by atomic mass is 9.99. The number of amides is 1. The van der Waals surface area contributed by atoms with Crippen LogP contribution in [-0.4, -0.2) is 23.4 Å². The van der Waals surface area contributed by atoms with Crippen LogP contribution in [0, 0.1) is 0 Å². The summed E-state index contributed by atoms with van der Waals surface area (Å²) in [5.41, 5.74) is 0.704. The number of anilines is 1. The van der Waals surface area contributed by atoms with Gasteiger partial charge in [-0.2, -0.15) is 0 Å². The number of aromatic hydroxyl groups is 1. The molecule has 0 aromatic heterocycles. The van der Waals surface area contributed by atoms with Gasteiger partial charge in [0.2, 0.25) is 0 Å². The van der Waals surface area contributed by atoms with Gasteiger partial charge in [-0.05, 0) is 44.5 Å². The van der Waals surface area contributed by atoms with E-state index in [0.29, 0.717) is 5.69 Å². The van der Waals surface area contributed by atoms with Crippen molar-refractivity contribution in [3.05, 3.63) is 23.8 Å². The molecule has 0 radical (unpaired) electrons. The Morgan fingerprint density at radius 2 is 2.10 bits per heavy atom. The van der Waals surface area contributed by atoms with Gasteiger partial charge in [-0.1, -0.05) is 6.92 Å². The standard InChI is InChI=1S/C14H22N2O4/c1-9(8-19-15)11-7-10(17)5-6-12(11)16-13(18)20-14(2,3)4/h5-7,9,17H,8,15H2,1-4H3,(H,16,18). The van der Waals surface area contributed by atoms with Crippen molar-refractivity contribution in [1.29, 1.82) is 0 Å². The summed E-state index contributed by atoms with van der Waals surface area (Å²) in [6.07, 6.45) is -0.551. The smallest absolute Gasteiger partial charge is 0.412 e. The number of phenolic OH excluding ortho intramolecular Hbond substituents is 1. The fourth-order valence-corrected chi connectivity index (χ4v) is 1.72. The number of hydrogen-bond donors (Lipinski definition) is 3. The molecule has 112 valence electrons. The minimum Gasteiger partial charge on any atom is -0.508 e. The minimum absolute atomic E-state index is 0.0861. The van der Waals surface area contributed by atoms with E-state index in [1.807, 2.05) is 6.92 Å². The molecule has 0 fully saturated rings. The van der Waals surface area contributed by atoms with Gasteiger partial charge in [-0.3, -0.25) is 5.32 Å². The molecular weight excluding hydrogens is 260 g/mol. The van der Waals surface area contributed by atoms with Crippen molar-refractivity contribution in [3.63, 3.8) is 0 Å². The Morgan fingerprint density at radius 1 is 1.45 bits per heavy atom. The van der Waals surface area contributed by atoms with Crippen molar-refractivity contribution in [2.75, 3.05) is 11.9 Å². The van der Waals surface area contributed by atoms with E-state index >= 15 is 0 Å². The van der Waals surface area contributed by atoms with Crippen molar-refractivity contribution >= 4 is 11.8 Å². The van der Waals surface area contributed by atoms with E-state index in [1.165, 1.54) is 6.07 Å². The first-order valence-corrected chi connectivity index (χ1v) is 6.37. The van der Waals surface area contributed by atoms with E-state index in [2.05, 4.69) is 10.2 Å². The van der Waals surface area contributed by atoms with E-state index in [4.69, 9.17) is 10.6 Å². The van der Waals surface area contributed by atoms with E-state index in [0.717, 1.165) is 5.56 Å². The zero-order valence-electron chi connectivity index (χ0n) is 12.3. The van der Waals surface area contributed by atoms with Crippen LogP contribution in [0.15, 0.2) is 18.2 Å². The highest BCUT2D eigenvalue weighted by Crippen LogP contribution is 2.28. The number of phenols is 1. The lowest BCUT2D eigenvalue weighted by molar-refractivity contribution is 0.0635. The fourth-order valence-electron chi connectivity index (χ4n) is 1.72. The van der Waals surface area contributed by atoms with Crippen LogP contribution in [0.25, 0.3) is 0 Å². The first kappa shape index (κ1) is 16.3. The Labute approximate surface area is 118 Å². The SMILES string of the molecule is CC(CON)c1cc(O)ccc1NC(=O)OC(C)(C)C. The third-order valence-corrected chi connectivity index (χ3v) is 2.55. The molecule has 1 rings (SSSR count). The number of carbonyl (C=O) groups is 1. The highest BCUT2D eigenvalue weighted by atomic mass is 16.6. The maximum absolute atomic E-state index is 11.8. The maximum atomic E-state index is 11.8. The average Bonchev–Trinajstić information content (AvgIpc) is 2.29. The summed E-state index contributed by atoms with van der Waals surface area (Å²) in [7, 11) is 0. The molecule has 6 heteroatoms. The van der Waals surface area contributed by atoms with Gasteiger partial charge in [0, 0.05) is 11.6 Å². The molecule has 0 heterocycles. The fraction of sp³-hybridized carbons (Fsp3) is 0.500. The summed E-state index contributed by atoms with van der Waals surface area (Å²) >= 11 is 0. The number of carbonyl (C=O) groups excluding carboxylic acids is 1. The second-order valence-electron chi connectivity index (χ2n) is 5.63. The molecule has 0 aliphatic heterocycles. The quantitative estimate of drug-likeness (QED) is 0.583. The molecule has 0 aliphatic carbocycles. The molecule has 1 aromatic rings. The number of nitrogens with two attached hydrogens (primary N) is 1. The number of ether oxygens (including phenoxy) is 1. The Hall–Kier alpha value is -1.79. The second-order valence-corrected chi connectivity index (χ2v) is 5.63. The van der Waals surface area contributed by atoms with Crippen LogP contribution < -0.4 is 11.2 Å². The molecule has 1 amide bonds. The van der Waals surface area contributed by atoms with Crippen LogP contribution >= 0.6 is 0 Å². The largest absolute Gasteiger partial charge is 0.508 e. The molecule has 1 aromatic carbocycles. The van der Waals surface area contributed by atoms with Gasteiger partial charge in [-0.25, -0.2) is 10.7 Å². The molecule has 1 unspecified atom stereocenters. The average molecular weight is 282 g/mol. The molecule has 0 spiro atoms. The number of nitrogens with one attached hydrogen (secondary N) is 1. The Morgan fingerprint density at radius 3 is 2.65 bits per heavy atom.